The summed E-state index contributed by atoms with van der Waals surface area (Å²) in [5, 5.41) is 10.9. The molecule has 0 aliphatic carbocycles. The van der Waals surface area contributed by atoms with Gasteiger partial charge in [0.2, 0.25) is 0 Å². The van der Waals surface area contributed by atoms with Crippen molar-refractivity contribution in [3.63, 3.8) is 0 Å². The molecule has 1 aliphatic rings. The molecule has 2 rings (SSSR count). The van der Waals surface area contributed by atoms with Gasteiger partial charge < -0.3 is 10.4 Å². The van der Waals surface area contributed by atoms with Crippen LogP contribution in [0.1, 0.15) is 33.6 Å². The summed E-state index contributed by atoms with van der Waals surface area (Å²) in [5.74, 6) is -1.41. The van der Waals surface area contributed by atoms with E-state index in [1.165, 1.54) is 24.3 Å². The molecule has 1 amide bonds. The highest BCUT2D eigenvalue weighted by molar-refractivity contribution is 7.92. The minimum Gasteiger partial charge on any atom is -0.478 e. The monoisotopic (exact) mass is 297 g/mol. The van der Waals surface area contributed by atoms with Crippen LogP contribution in [0, 0.1) is 0 Å². The van der Waals surface area contributed by atoms with E-state index in [1.807, 2.05) is 0 Å². The number of hydrogen-bond acceptors (Lipinski definition) is 4. The number of carboxylic acids is 1. The number of carbonyl (C=O) groups excluding carboxylic acids is 1. The average molecular weight is 297 g/mol. The van der Waals surface area contributed by atoms with Crippen LogP contribution in [0.15, 0.2) is 24.3 Å². The Labute approximate surface area is 116 Å². The van der Waals surface area contributed by atoms with Crippen LogP contribution in [-0.4, -0.2) is 42.9 Å². The standard InChI is InChI=1S/C13H15NO5S/c15-12(9-3-1-4-10(7-9)13(16)17)14-8-11-5-2-6-20(11,18)19/h1,3-4,7,11H,2,5-6,8H2,(H,14,15)(H,16,17). The molecule has 1 saturated heterocycles. The lowest BCUT2D eigenvalue weighted by Crippen LogP contribution is -2.34. The molecule has 108 valence electrons. The highest BCUT2D eigenvalue weighted by Gasteiger charge is 2.31. The molecule has 0 bridgehead atoms. The van der Waals surface area contributed by atoms with Crippen molar-refractivity contribution in [1.29, 1.82) is 0 Å². The fourth-order valence-electron chi connectivity index (χ4n) is 2.19. The second-order valence-corrected chi connectivity index (χ2v) is 7.13. The zero-order chi connectivity index (χ0) is 14.8. The van der Waals surface area contributed by atoms with Gasteiger partial charge in [0.25, 0.3) is 5.91 Å². The predicted molar refractivity (Wildman–Crippen MR) is 72.5 cm³/mol. The van der Waals surface area contributed by atoms with E-state index in [9.17, 15) is 18.0 Å². The fourth-order valence-corrected chi connectivity index (χ4v) is 3.95. The summed E-state index contributed by atoms with van der Waals surface area (Å²) in [7, 11) is -3.10. The highest BCUT2D eigenvalue weighted by Crippen LogP contribution is 2.19. The van der Waals surface area contributed by atoms with Crippen molar-refractivity contribution in [1.82, 2.24) is 5.32 Å². The first-order chi connectivity index (χ1) is 9.40. The third-order valence-electron chi connectivity index (χ3n) is 3.32. The average Bonchev–Trinajstić information content (AvgIpc) is 2.75. The van der Waals surface area contributed by atoms with Crippen molar-refractivity contribution in [3.8, 4) is 0 Å². The zero-order valence-electron chi connectivity index (χ0n) is 10.7. The molecule has 0 aromatic heterocycles. The molecule has 20 heavy (non-hydrogen) atoms. The molecule has 1 unspecified atom stereocenters. The third-order valence-corrected chi connectivity index (χ3v) is 5.60. The van der Waals surface area contributed by atoms with E-state index in [-0.39, 0.29) is 23.4 Å². The molecule has 1 aromatic carbocycles. The Balaban J connectivity index is 2.02. The van der Waals surface area contributed by atoms with Gasteiger partial charge in [0.1, 0.15) is 0 Å². The number of hydrogen-bond donors (Lipinski definition) is 2. The van der Waals surface area contributed by atoms with E-state index in [4.69, 9.17) is 5.11 Å². The summed E-state index contributed by atoms with van der Waals surface area (Å²) in [5.41, 5.74) is 0.228. The van der Waals surface area contributed by atoms with Gasteiger partial charge in [-0.15, -0.1) is 0 Å². The van der Waals surface area contributed by atoms with Crippen LogP contribution >= 0.6 is 0 Å². The molecule has 1 fully saturated rings. The van der Waals surface area contributed by atoms with Crippen LogP contribution in [0.2, 0.25) is 0 Å². The molecular formula is C13H15NO5S. The Morgan fingerprint density at radius 1 is 1.30 bits per heavy atom. The van der Waals surface area contributed by atoms with E-state index in [0.29, 0.717) is 12.8 Å². The van der Waals surface area contributed by atoms with Gasteiger partial charge in [0, 0.05) is 12.1 Å². The van der Waals surface area contributed by atoms with E-state index < -0.39 is 27.0 Å². The maximum Gasteiger partial charge on any atom is 0.335 e. The van der Waals surface area contributed by atoms with Gasteiger partial charge in [-0.05, 0) is 31.0 Å². The second-order valence-electron chi connectivity index (χ2n) is 4.73. The van der Waals surface area contributed by atoms with Crippen LogP contribution in [0.25, 0.3) is 0 Å². The fraction of sp³-hybridized carbons (Fsp3) is 0.385. The predicted octanol–water partition coefficient (Wildman–Crippen LogP) is 0.692. The minimum absolute atomic E-state index is 0.0196. The molecule has 0 saturated carbocycles. The van der Waals surface area contributed by atoms with Crippen molar-refractivity contribution < 1.29 is 23.1 Å². The first-order valence-electron chi connectivity index (χ1n) is 6.23. The maximum absolute atomic E-state index is 11.9. The van der Waals surface area contributed by atoms with Crippen LogP contribution in [-0.2, 0) is 9.84 Å². The summed E-state index contributed by atoms with van der Waals surface area (Å²) < 4.78 is 23.3. The number of benzene rings is 1. The number of carbonyl (C=O) groups is 2. The lowest BCUT2D eigenvalue weighted by atomic mass is 10.1. The van der Waals surface area contributed by atoms with Crippen molar-refractivity contribution in [2.24, 2.45) is 0 Å². The number of carboxylic acid groups (broad SMARTS) is 1. The van der Waals surface area contributed by atoms with Gasteiger partial charge in [-0.2, -0.15) is 0 Å². The van der Waals surface area contributed by atoms with Gasteiger partial charge in [-0.1, -0.05) is 6.07 Å². The van der Waals surface area contributed by atoms with Crippen LogP contribution in [0.4, 0.5) is 0 Å². The molecule has 1 aromatic rings. The lowest BCUT2D eigenvalue weighted by Gasteiger charge is -2.11. The molecule has 1 heterocycles. The second kappa shape index (κ2) is 5.62. The van der Waals surface area contributed by atoms with Crippen molar-refractivity contribution in [2.75, 3.05) is 12.3 Å². The van der Waals surface area contributed by atoms with Gasteiger partial charge >= 0.3 is 5.97 Å². The number of nitrogens with one attached hydrogen (secondary N) is 1. The van der Waals surface area contributed by atoms with E-state index in [2.05, 4.69) is 5.32 Å². The zero-order valence-corrected chi connectivity index (χ0v) is 11.5. The van der Waals surface area contributed by atoms with Crippen LogP contribution in [0.5, 0.6) is 0 Å². The lowest BCUT2D eigenvalue weighted by molar-refractivity contribution is 0.0697. The van der Waals surface area contributed by atoms with Crippen molar-refractivity contribution in [2.45, 2.75) is 18.1 Å². The smallest absolute Gasteiger partial charge is 0.335 e. The normalized spacial score (nSPS) is 20.5. The summed E-state index contributed by atoms with van der Waals surface area (Å²) in [6.07, 6.45) is 1.18. The van der Waals surface area contributed by atoms with E-state index in [0.717, 1.165) is 0 Å². The summed E-state index contributed by atoms with van der Waals surface area (Å²) >= 11 is 0. The summed E-state index contributed by atoms with van der Waals surface area (Å²) in [4.78, 5) is 22.7. The van der Waals surface area contributed by atoms with Crippen LogP contribution < -0.4 is 5.32 Å². The largest absolute Gasteiger partial charge is 0.478 e. The Hall–Kier alpha value is -1.89. The number of sulfone groups is 1. The Morgan fingerprint density at radius 3 is 2.60 bits per heavy atom. The minimum atomic E-state index is -3.10. The number of amides is 1. The SMILES string of the molecule is O=C(O)c1cccc(C(=O)NCC2CCCS2(=O)=O)c1. The summed E-state index contributed by atoms with van der Waals surface area (Å²) in [6.45, 7) is 0.0679. The first kappa shape index (κ1) is 14.5. The first-order valence-corrected chi connectivity index (χ1v) is 7.95. The number of aromatic carboxylic acids is 1. The molecule has 1 aliphatic heterocycles. The Morgan fingerprint density at radius 2 is 2.00 bits per heavy atom. The molecule has 0 spiro atoms. The molecule has 0 radical (unpaired) electrons. The maximum atomic E-state index is 11.9. The van der Waals surface area contributed by atoms with Crippen molar-refractivity contribution >= 4 is 21.7 Å². The third kappa shape index (κ3) is 3.16. The topological polar surface area (TPSA) is 101 Å². The van der Waals surface area contributed by atoms with Gasteiger partial charge in [-0.25, -0.2) is 13.2 Å². The van der Waals surface area contributed by atoms with Gasteiger partial charge in [0.05, 0.1) is 16.6 Å². The molecule has 2 N–H and O–H groups in total. The quantitative estimate of drug-likeness (QED) is 0.851. The Bertz CT molecular complexity index is 638. The van der Waals surface area contributed by atoms with Crippen LogP contribution in [0.3, 0.4) is 0 Å². The van der Waals surface area contributed by atoms with Gasteiger partial charge in [0.15, 0.2) is 9.84 Å². The molecular weight excluding hydrogens is 282 g/mol. The van der Waals surface area contributed by atoms with Crippen molar-refractivity contribution in [3.05, 3.63) is 35.4 Å². The molecule has 6 nitrogen and oxygen atoms in total. The molecule has 7 heteroatoms. The van der Waals surface area contributed by atoms with E-state index >= 15 is 0 Å². The van der Waals surface area contributed by atoms with E-state index in [1.54, 1.807) is 0 Å². The highest BCUT2D eigenvalue weighted by atomic mass is 32.2. The number of rotatable bonds is 4. The summed E-state index contributed by atoms with van der Waals surface area (Å²) in [6, 6.07) is 5.62. The molecule has 1 atom stereocenters. The Kier molecular flexibility index (Phi) is 4.08. The van der Waals surface area contributed by atoms with Gasteiger partial charge in [-0.3, -0.25) is 4.79 Å².